The summed E-state index contributed by atoms with van der Waals surface area (Å²) in [6, 6.07) is -1.23. The number of amides is 5. The molecule has 5 amide bonds. The second-order valence-corrected chi connectivity index (χ2v) is 8.83. The first-order valence-corrected chi connectivity index (χ1v) is 9.86. The number of hydrogen-bond donors (Lipinski definition) is 0. The lowest BCUT2D eigenvalue weighted by Crippen LogP contribution is -2.58. The lowest BCUT2D eigenvalue weighted by Gasteiger charge is -2.34. The van der Waals surface area contributed by atoms with E-state index in [0.29, 0.717) is 16.0 Å². The third kappa shape index (κ3) is 3.20. The zero-order chi connectivity index (χ0) is 22.7. The molecule has 2 aliphatic rings. The van der Waals surface area contributed by atoms with Crippen molar-refractivity contribution in [2.45, 2.75) is 73.0 Å². The van der Waals surface area contributed by atoms with Crippen LogP contribution >= 0.6 is 0 Å². The van der Waals surface area contributed by atoms with Gasteiger partial charge < -0.3 is 4.74 Å². The van der Waals surface area contributed by atoms with E-state index in [4.69, 9.17) is 4.74 Å². The molecule has 0 bridgehead atoms. The number of rotatable bonds is 1. The van der Waals surface area contributed by atoms with E-state index in [2.05, 4.69) is 0 Å². The fourth-order valence-electron chi connectivity index (χ4n) is 3.97. The number of carbonyl (C=O) groups is 5. The average Bonchev–Trinajstić information content (AvgIpc) is 2.88. The number of imide groups is 4. The molecular formula is C22H26N2O6. The summed E-state index contributed by atoms with van der Waals surface area (Å²) in [7, 11) is 0. The van der Waals surface area contributed by atoms with Gasteiger partial charge in [0.2, 0.25) is 5.91 Å². The first-order chi connectivity index (χ1) is 13.8. The van der Waals surface area contributed by atoms with Crippen molar-refractivity contribution in [1.82, 2.24) is 9.80 Å². The van der Waals surface area contributed by atoms with Crippen LogP contribution < -0.4 is 0 Å². The lowest BCUT2D eigenvalue weighted by atomic mass is 9.90. The number of nitrogens with zero attached hydrogens (tertiary/aromatic N) is 2. The van der Waals surface area contributed by atoms with Crippen LogP contribution in [0.4, 0.5) is 4.79 Å². The van der Waals surface area contributed by atoms with Gasteiger partial charge in [-0.1, -0.05) is 0 Å². The van der Waals surface area contributed by atoms with Crippen molar-refractivity contribution in [2.24, 2.45) is 0 Å². The molecule has 3 rings (SSSR count). The van der Waals surface area contributed by atoms with Gasteiger partial charge in [0.1, 0.15) is 11.6 Å². The number of benzene rings is 1. The molecule has 0 saturated carbocycles. The minimum Gasteiger partial charge on any atom is -0.443 e. The topological polar surface area (TPSA) is 101 Å². The fourth-order valence-corrected chi connectivity index (χ4v) is 3.97. The zero-order valence-electron chi connectivity index (χ0n) is 18.3. The van der Waals surface area contributed by atoms with Gasteiger partial charge in [0.15, 0.2) is 0 Å². The maximum atomic E-state index is 13.2. The molecule has 0 N–H and O–H groups in total. The Morgan fingerprint density at radius 1 is 0.867 bits per heavy atom. The first kappa shape index (κ1) is 21.7. The Morgan fingerprint density at radius 3 is 1.77 bits per heavy atom. The Morgan fingerprint density at radius 2 is 1.33 bits per heavy atom. The second kappa shape index (κ2) is 7.04. The number of carbonyl (C=O) groups excluding carboxylic acids is 5. The first-order valence-electron chi connectivity index (χ1n) is 9.86. The summed E-state index contributed by atoms with van der Waals surface area (Å²) >= 11 is 0. The van der Waals surface area contributed by atoms with E-state index in [1.165, 1.54) is 0 Å². The smallest absolute Gasteiger partial charge is 0.424 e. The Bertz CT molecular complexity index is 971. The molecule has 1 atom stereocenters. The van der Waals surface area contributed by atoms with E-state index in [0.717, 1.165) is 16.0 Å². The summed E-state index contributed by atoms with van der Waals surface area (Å²) < 4.78 is 5.17. The monoisotopic (exact) mass is 414 g/mol. The third-order valence-corrected chi connectivity index (χ3v) is 5.83. The molecule has 1 saturated heterocycles. The van der Waals surface area contributed by atoms with Gasteiger partial charge in [-0.15, -0.1) is 0 Å². The van der Waals surface area contributed by atoms with Crippen molar-refractivity contribution in [1.29, 1.82) is 0 Å². The Balaban J connectivity index is 2.01. The summed E-state index contributed by atoms with van der Waals surface area (Å²) in [6.07, 6.45) is -1.28. The van der Waals surface area contributed by atoms with Crippen molar-refractivity contribution < 1.29 is 28.7 Å². The number of piperidine rings is 1. The van der Waals surface area contributed by atoms with Gasteiger partial charge in [0.25, 0.3) is 17.7 Å². The van der Waals surface area contributed by atoms with Crippen LogP contribution in [0.25, 0.3) is 0 Å². The summed E-state index contributed by atoms with van der Waals surface area (Å²) in [5.74, 6) is -2.77. The summed E-state index contributed by atoms with van der Waals surface area (Å²) in [4.78, 5) is 65.5. The second-order valence-electron chi connectivity index (χ2n) is 8.83. The molecule has 1 aromatic carbocycles. The molecule has 8 nitrogen and oxygen atoms in total. The van der Waals surface area contributed by atoms with Crippen molar-refractivity contribution in [3.63, 3.8) is 0 Å². The molecule has 8 heteroatoms. The van der Waals surface area contributed by atoms with Crippen LogP contribution in [0.3, 0.4) is 0 Å². The van der Waals surface area contributed by atoms with Crippen LogP contribution in [0.5, 0.6) is 0 Å². The van der Waals surface area contributed by atoms with Gasteiger partial charge >= 0.3 is 6.09 Å². The largest absolute Gasteiger partial charge is 0.443 e. The highest BCUT2D eigenvalue weighted by Gasteiger charge is 2.50. The minimum atomic E-state index is -1.23. The predicted octanol–water partition coefficient (Wildman–Crippen LogP) is 2.97. The van der Waals surface area contributed by atoms with Crippen molar-refractivity contribution in [3.05, 3.63) is 33.4 Å². The fraction of sp³-hybridized carbons (Fsp3) is 0.500. The summed E-state index contributed by atoms with van der Waals surface area (Å²) in [5, 5.41) is 0. The Labute approximate surface area is 175 Å². The molecule has 0 radical (unpaired) electrons. The molecular weight excluding hydrogens is 388 g/mol. The molecule has 30 heavy (non-hydrogen) atoms. The molecule has 2 heterocycles. The van der Waals surface area contributed by atoms with E-state index in [-0.39, 0.29) is 24.0 Å². The molecule has 0 aromatic heterocycles. The predicted molar refractivity (Wildman–Crippen MR) is 107 cm³/mol. The summed E-state index contributed by atoms with van der Waals surface area (Å²) in [5.41, 5.74) is 2.87. The quantitative estimate of drug-likeness (QED) is 0.655. The number of hydrogen-bond acceptors (Lipinski definition) is 6. The molecule has 2 aliphatic heterocycles. The van der Waals surface area contributed by atoms with Crippen LogP contribution in [0.15, 0.2) is 0 Å². The average molecular weight is 414 g/mol. The Kier molecular flexibility index (Phi) is 5.08. The SMILES string of the molecule is Cc1c(C)c(C)c2c(c1C)C(=O)N(C1CCC(=O)N(C(=O)OC(C)(C)C)C1=O)C2=O. The van der Waals surface area contributed by atoms with E-state index < -0.39 is 41.4 Å². The van der Waals surface area contributed by atoms with Crippen LogP contribution in [0, 0.1) is 27.7 Å². The van der Waals surface area contributed by atoms with E-state index >= 15 is 0 Å². The molecule has 160 valence electrons. The van der Waals surface area contributed by atoms with Gasteiger partial charge in [-0.2, -0.15) is 4.90 Å². The van der Waals surface area contributed by atoms with Crippen molar-refractivity contribution >= 4 is 29.7 Å². The van der Waals surface area contributed by atoms with Gasteiger partial charge in [-0.3, -0.25) is 24.1 Å². The number of fused-ring (bicyclic) bond motifs is 1. The maximum absolute atomic E-state index is 13.2. The van der Waals surface area contributed by atoms with Crippen LogP contribution in [-0.2, 0) is 14.3 Å². The van der Waals surface area contributed by atoms with Crippen LogP contribution in [-0.4, -0.2) is 51.2 Å². The highest BCUT2D eigenvalue weighted by molar-refractivity contribution is 6.25. The molecule has 1 aromatic rings. The highest BCUT2D eigenvalue weighted by Crippen LogP contribution is 2.36. The van der Waals surface area contributed by atoms with Crippen molar-refractivity contribution in [3.8, 4) is 0 Å². The van der Waals surface area contributed by atoms with Gasteiger partial charge in [-0.05, 0) is 77.1 Å². The van der Waals surface area contributed by atoms with E-state index in [9.17, 15) is 24.0 Å². The number of ether oxygens (including phenoxy) is 1. The molecule has 0 aliphatic carbocycles. The van der Waals surface area contributed by atoms with Gasteiger partial charge in [-0.25, -0.2) is 4.79 Å². The molecule has 0 spiro atoms. The van der Waals surface area contributed by atoms with E-state index in [1.54, 1.807) is 34.6 Å². The Hall–Kier alpha value is -3.03. The molecule has 1 fully saturated rings. The summed E-state index contributed by atoms with van der Waals surface area (Å²) in [6.45, 7) is 12.1. The van der Waals surface area contributed by atoms with E-state index in [1.807, 2.05) is 13.8 Å². The van der Waals surface area contributed by atoms with Crippen molar-refractivity contribution in [2.75, 3.05) is 0 Å². The highest BCUT2D eigenvalue weighted by atomic mass is 16.6. The zero-order valence-corrected chi connectivity index (χ0v) is 18.3. The number of likely N-dealkylation sites (tertiary alicyclic amines) is 1. The van der Waals surface area contributed by atoms with Gasteiger partial charge in [0, 0.05) is 6.42 Å². The molecule has 1 unspecified atom stereocenters. The standard InChI is InChI=1S/C22H26N2O6/c1-10-11(2)13(4)17-16(12(10)3)19(27)23(20(17)28)14-8-9-15(25)24(18(14)26)21(29)30-22(5,6)7/h14H,8-9H2,1-7H3. The van der Waals surface area contributed by atoms with Crippen LogP contribution in [0.1, 0.15) is 76.6 Å². The third-order valence-electron chi connectivity index (χ3n) is 5.83. The van der Waals surface area contributed by atoms with Gasteiger partial charge in [0.05, 0.1) is 11.1 Å². The maximum Gasteiger partial charge on any atom is 0.424 e. The minimum absolute atomic E-state index is 0.0293. The lowest BCUT2D eigenvalue weighted by molar-refractivity contribution is -0.149. The van der Waals surface area contributed by atoms with Crippen LogP contribution in [0.2, 0.25) is 0 Å². The normalized spacial score (nSPS) is 19.5.